The molecule has 0 atom stereocenters. The normalized spacial score (nSPS) is 11.0. The van der Waals surface area contributed by atoms with Gasteiger partial charge >= 0.3 is 0 Å². The highest BCUT2D eigenvalue weighted by Gasteiger charge is 2.10. The molecule has 0 unspecified atom stereocenters. The van der Waals surface area contributed by atoms with Crippen LogP contribution >= 0.6 is 0 Å². The Kier molecular flexibility index (Phi) is 9.02. The van der Waals surface area contributed by atoms with E-state index in [1.165, 1.54) is 36.2 Å². The molecule has 1 N–H and O–H groups in total. The second-order valence-electron chi connectivity index (χ2n) is 5.50. The number of unbranched alkanes of at least 4 members (excludes halogenated alkanes) is 3. The molecule has 21 heavy (non-hydrogen) atoms. The maximum Gasteiger partial charge on any atom is 0.0628 e. The van der Waals surface area contributed by atoms with Crippen LogP contribution in [-0.2, 0) is 17.7 Å². The third-order valence-corrected chi connectivity index (χ3v) is 3.84. The number of hydrogen-bond donors (Lipinski definition) is 1. The van der Waals surface area contributed by atoms with Crippen LogP contribution < -0.4 is 5.32 Å². The molecule has 0 saturated carbocycles. The molecular formula is C17H31N3O. The van der Waals surface area contributed by atoms with Gasteiger partial charge in [0.2, 0.25) is 0 Å². The fourth-order valence-electron chi connectivity index (χ4n) is 2.55. The van der Waals surface area contributed by atoms with Crippen molar-refractivity contribution in [2.45, 2.75) is 52.5 Å². The van der Waals surface area contributed by atoms with Crippen molar-refractivity contribution >= 4 is 0 Å². The van der Waals surface area contributed by atoms with Crippen molar-refractivity contribution in [2.75, 3.05) is 26.8 Å². The maximum absolute atomic E-state index is 5.03. The molecule has 0 aromatic carbocycles. The lowest BCUT2D eigenvalue weighted by Gasteiger charge is -2.06. The molecule has 0 aliphatic heterocycles. The van der Waals surface area contributed by atoms with E-state index in [4.69, 9.17) is 4.74 Å². The first-order valence-corrected chi connectivity index (χ1v) is 8.04. The third kappa shape index (κ3) is 6.44. The highest BCUT2D eigenvalue weighted by molar-refractivity contribution is 5.24. The minimum atomic E-state index is 0.766. The van der Waals surface area contributed by atoms with Crippen molar-refractivity contribution in [1.82, 2.24) is 15.1 Å². The first-order chi connectivity index (χ1) is 10.2. The summed E-state index contributed by atoms with van der Waals surface area (Å²) in [5, 5.41) is 8.08. The molecule has 0 bridgehead atoms. The van der Waals surface area contributed by atoms with Gasteiger partial charge in [-0.1, -0.05) is 12.5 Å². The number of aromatic nitrogens is 2. The summed E-state index contributed by atoms with van der Waals surface area (Å²) in [4.78, 5) is 0. The lowest BCUT2D eigenvalue weighted by atomic mass is 10.1. The Hall–Kier alpha value is -1.13. The van der Waals surface area contributed by atoms with Crippen LogP contribution in [0, 0.1) is 13.8 Å². The van der Waals surface area contributed by atoms with Crippen LogP contribution in [0.2, 0.25) is 0 Å². The van der Waals surface area contributed by atoms with Gasteiger partial charge in [-0.05, 0) is 51.6 Å². The van der Waals surface area contributed by atoms with Crippen LogP contribution in [0.1, 0.15) is 42.6 Å². The Morgan fingerprint density at radius 2 is 2.05 bits per heavy atom. The van der Waals surface area contributed by atoms with Gasteiger partial charge in [-0.25, -0.2) is 0 Å². The molecule has 1 heterocycles. The first kappa shape index (κ1) is 17.9. The summed E-state index contributed by atoms with van der Waals surface area (Å²) in [5.74, 6) is 0. The van der Waals surface area contributed by atoms with Gasteiger partial charge in [-0.2, -0.15) is 5.10 Å². The summed E-state index contributed by atoms with van der Waals surface area (Å²) < 4.78 is 7.21. The molecule has 4 nitrogen and oxygen atoms in total. The van der Waals surface area contributed by atoms with Gasteiger partial charge in [0.05, 0.1) is 12.3 Å². The summed E-state index contributed by atoms with van der Waals surface area (Å²) in [6, 6.07) is 0. The van der Waals surface area contributed by atoms with Crippen LogP contribution in [0.5, 0.6) is 0 Å². The van der Waals surface area contributed by atoms with Gasteiger partial charge in [-0.15, -0.1) is 6.58 Å². The summed E-state index contributed by atoms with van der Waals surface area (Å²) in [6.07, 6.45) is 7.84. The number of aryl methyl sites for hydroxylation is 2. The number of ether oxygens (including phenoxy) is 1. The molecule has 0 aliphatic rings. The Morgan fingerprint density at radius 3 is 2.76 bits per heavy atom. The number of rotatable bonds is 12. The number of methoxy groups -OCH3 is 1. The molecule has 120 valence electrons. The third-order valence-electron chi connectivity index (χ3n) is 3.84. The van der Waals surface area contributed by atoms with E-state index in [0.29, 0.717) is 0 Å². The van der Waals surface area contributed by atoms with Crippen molar-refractivity contribution < 1.29 is 4.74 Å². The molecule has 1 rings (SSSR count). The molecule has 0 saturated heterocycles. The van der Waals surface area contributed by atoms with Gasteiger partial charge < -0.3 is 10.1 Å². The minimum Gasteiger partial charge on any atom is -0.383 e. The van der Waals surface area contributed by atoms with Crippen LogP contribution in [0.15, 0.2) is 12.7 Å². The largest absolute Gasteiger partial charge is 0.383 e. The van der Waals surface area contributed by atoms with E-state index in [1.54, 1.807) is 7.11 Å². The van der Waals surface area contributed by atoms with Crippen molar-refractivity contribution in [3.05, 3.63) is 29.6 Å². The van der Waals surface area contributed by atoms with Crippen molar-refractivity contribution in [1.29, 1.82) is 0 Å². The average molecular weight is 293 g/mol. The topological polar surface area (TPSA) is 39.1 Å². The Morgan fingerprint density at radius 1 is 1.24 bits per heavy atom. The molecule has 0 amide bonds. The van der Waals surface area contributed by atoms with E-state index in [1.807, 2.05) is 6.08 Å². The van der Waals surface area contributed by atoms with Crippen molar-refractivity contribution in [3.8, 4) is 0 Å². The zero-order chi connectivity index (χ0) is 15.5. The lowest BCUT2D eigenvalue weighted by Crippen LogP contribution is -2.22. The lowest BCUT2D eigenvalue weighted by molar-refractivity contribution is 0.199. The molecule has 0 spiro atoms. The molecular weight excluding hydrogens is 262 g/mol. The minimum absolute atomic E-state index is 0.766. The zero-order valence-corrected chi connectivity index (χ0v) is 14.0. The van der Waals surface area contributed by atoms with Gasteiger partial charge in [0.15, 0.2) is 0 Å². The average Bonchev–Trinajstić information content (AvgIpc) is 2.74. The highest BCUT2D eigenvalue weighted by Crippen LogP contribution is 2.14. The summed E-state index contributed by atoms with van der Waals surface area (Å²) in [6.45, 7) is 11.8. The van der Waals surface area contributed by atoms with Gasteiger partial charge in [-0.3, -0.25) is 4.68 Å². The SMILES string of the molecule is C=CCCCCCn1nc(C)c(CCNCCOC)c1C. The Labute approximate surface area is 129 Å². The standard InChI is InChI=1S/C17H31N3O/c1-5-6-7-8-9-13-20-16(3)17(15(2)19-20)10-11-18-12-14-21-4/h5,18H,1,6-14H2,2-4H3. The summed E-state index contributed by atoms with van der Waals surface area (Å²) in [5.41, 5.74) is 3.89. The monoisotopic (exact) mass is 293 g/mol. The van der Waals surface area contributed by atoms with E-state index in [9.17, 15) is 0 Å². The van der Waals surface area contributed by atoms with E-state index in [-0.39, 0.29) is 0 Å². The van der Waals surface area contributed by atoms with Crippen LogP contribution in [0.25, 0.3) is 0 Å². The van der Waals surface area contributed by atoms with E-state index in [2.05, 4.69) is 35.5 Å². The number of nitrogens with zero attached hydrogens (tertiary/aromatic N) is 2. The number of hydrogen-bond acceptors (Lipinski definition) is 3. The predicted molar refractivity (Wildman–Crippen MR) is 88.8 cm³/mol. The Balaban J connectivity index is 2.38. The van der Waals surface area contributed by atoms with Crippen LogP contribution in [-0.4, -0.2) is 36.6 Å². The predicted octanol–water partition coefficient (Wildman–Crippen LogP) is 3.02. The van der Waals surface area contributed by atoms with Gasteiger partial charge in [0.1, 0.15) is 0 Å². The quantitative estimate of drug-likeness (QED) is 0.475. The smallest absolute Gasteiger partial charge is 0.0628 e. The molecule has 4 heteroatoms. The number of allylic oxidation sites excluding steroid dienone is 1. The van der Waals surface area contributed by atoms with Crippen molar-refractivity contribution in [3.63, 3.8) is 0 Å². The van der Waals surface area contributed by atoms with Gasteiger partial charge in [0, 0.05) is 25.9 Å². The highest BCUT2D eigenvalue weighted by atomic mass is 16.5. The maximum atomic E-state index is 5.03. The molecule has 0 radical (unpaired) electrons. The Bertz CT molecular complexity index is 412. The van der Waals surface area contributed by atoms with Crippen LogP contribution in [0.3, 0.4) is 0 Å². The molecule has 0 aliphatic carbocycles. The van der Waals surface area contributed by atoms with E-state index in [0.717, 1.165) is 39.1 Å². The fraction of sp³-hybridized carbons (Fsp3) is 0.706. The van der Waals surface area contributed by atoms with Crippen molar-refractivity contribution in [2.24, 2.45) is 0 Å². The molecule has 1 aromatic rings. The second-order valence-corrected chi connectivity index (χ2v) is 5.50. The fourth-order valence-corrected chi connectivity index (χ4v) is 2.55. The molecule has 0 fully saturated rings. The zero-order valence-electron chi connectivity index (χ0n) is 14.0. The summed E-state index contributed by atoms with van der Waals surface area (Å²) >= 11 is 0. The number of nitrogens with one attached hydrogen (secondary N) is 1. The molecule has 1 aromatic heterocycles. The summed E-state index contributed by atoms with van der Waals surface area (Å²) in [7, 11) is 1.73. The van der Waals surface area contributed by atoms with Crippen LogP contribution in [0.4, 0.5) is 0 Å². The van der Waals surface area contributed by atoms with E-state index >= 15 is 0 Å². The second kappa shape index (κ2) is 10.6. The first-order valence-electron chi connectivity index (χ1n) is 8.04. The van der Waals surface area contributed by atoms with E-state index < -0.39 is 0 Å². The van der Waals surface area contributed by atoms with Gasteiger partial charge in [0.25, 0.3) is 0 Å².